The van der Waals surface area contributed by atoms with Crippen LogP contribution in [0.1, 0.15) is 12.5 Å². The molecule has 10 heteroatoms. The van der Waals surface area contributed by atoms with Gasteiger partial charge < -0.3 is 9.73 Å². The number of carbonyl (C=O) groups is 2. The molecule has 0 radical (unpaired) electrons. The number of amides is 2. The van der Waals surface area contributed by atoms with Gasteiger partial charge >= 0.3 is 0 Å². The molecule has 1 atom stereocenters. The summed E-state index contributed by atoms with van der Waals surface area (Å²) < 4.78 is 6.87. The molecular weight excluding hydrogens is 381 g/mol. The van der Waals surface area contributed by atoms with E-state index in [0.717, 1.165) is 0 Å². The Kier molecular flexibility index (Phi) is 4.14. The van der Waals surface area contributed by atoms with Gasteiger partial charge in [0.05, 0.1) is 23.4 Å². The molecule has 0 spiro atoms. The minimum absolute atomic E-state index is 0.0736. The Morgan fingerprint density at radius 1 is 1.31 bits per heavy atom. The molecule has 132 valence electrons. The van der Waals surface area contributed by atoms with Crippen molar-refractivity contribution in [2.75, 3.05) is 10.6 Å². The van der Waals surface area contributed by atoms with E-state index in [1.54, 1.807) is 24.3 Å². The van der Waals surface area contributed by atoms with Crippen molar-refractivity contribution in [3.05, 3.63) is 46.6 Å². The Balaban J connectivity index is 1.70. The molecule has 2 N–H and O–H groups in total. The topological polar surface area (TPSA) is 102 Å². The molecule has 2 amide bonds. The SMILES string of the molecule is O=C1C[C@@H](C(=O)Nc2ccc(Cl)cc2Cl)n2c(nnc2-c2ccco2)N1. The van der Waals surface area contributed by atoms with E-state index < -0.39 is 11.9 Å². The van der Waals surface area contributed by atoms with Crippen molar-refractivity contribution < 1.29 is 14.0 Å². The number of halogens is 2. The lowest BCUT2D eigenvalue weighted by molar-refractivity contribution is -0.125. The third-order valence-electron chi connectivity index (χ3n) is 3.87. The Labute approximate surface area is 157 Å². The molecule has 3 heterocycles. The van der Waals surface area contributed by atoms with Gasteiger partial charge in [0.1, 0.15) is 6.04 Å². The fourth-order valence-electron chi connectivity index (χ4n) is 2.71. The van der Waals surface area contributed by atoms with Gasteiger partial charge in [-0.3, -0.25) is 19.5 Å². The Hall–Kier alpha value is -2.84. The van der Waals surface area contributed by atoms with E-state index >= 15 is 0 Å². The normalized spacial score (nSPS) is 16.1. The maximum atomic E-state index is 12.8. The molecule has 4 rings (SSSR count). The van der Waals surface area contributed by atoms with Crippen LogP contribution in [-0.2, 0) is 9.59 Å². The fourth-order valence-corrected chi connectivity index (χ4v) is 3.16. The molecule has 8 nitrogen and oxygen atoms in total. The molecule has 0 unspecified atom stereocenters. The summed E-state index contributed by atoms with van der Waals surface area (Å²) in [7, 11) is 0. The molecule has 0 fully saturated rings. The van der Waals surface area contributed by atoms with Crippen molar-refractivity contribution in [2.45, 2.75) is 12.5 Å². The van der Waals surface area contributed by atoms with Crippen molar-refractivity contribution in [3.8, 4) is 11.6 Å². The van der Waals surface area contributed by atoms with Crippen molar-refractivity contribution in [1.82, 2.24) is 14.8 Å². The first-order chi connectivity index (χ1) is 12.5. The molecule has 1 aromatic carbocycles. The number of nitrogens with zero attached hydrogens (tertiary/aromatic N) is 3. The molecular formula is C16H11Cl2N5O3. The van der Waals surface area contributed by atoms with Crippen molar-refractivity contribution >= 4 is 46.7 Å². The van der Waals surface area contributed by atoms with Crippen LogP contribution in [0, 0.1) is 0 Å². The number of furan rings is 1. The van der Waals surface area contributed by atoms with E-state index in [0.29, 0.717) is 27.3 Å². The number of fused-ring (bicyclic) bond motifs is 1. The third kappa shape index (κ3) is 2.93. The number of hydrogen-bond acceptors (Lipinski definition) is 5. The first kappa shape index (κ1) is 16.6. The van der Waals surface area contributed by atoms with Crippen molar-refractivity contribution in [1.29, 1.82) is 0 Å². The molecule has 2 aromatic heterocycles. The highest BCUT2D eigenvalue weighted by atomic mass is 35.5. The summed E-state index contributed by atoms with van der Waals surface area (Å²) in [5.41, 5.74) is 0.390. The summed E-state index contributed by atoms with van der Waals surface area (Å²) in [6.45, 7) is 0. The van der Waals surface area contributed by atoms with Gasteiger partial charge in [-0.25, -0.2) is 0 Å². The second-order valence-corrected chi connectivity index (χ2v) is 6.42. The van der Waals surface area contributed by atoms with Gasteiger partial charge in [0.15, 0.2) is 5.76 Å². The lowest BCUT2D eigenvalue weighted by Crippen LogP contribution is -2.35. The van der Waals surface area contributed by atoms with Crippen molar-refractivity contribution in [3.63, 3.8) is 0 Å². The molecule has 0 saturated carbocycles. The summed E-state index contributed by atoms with van der Waals surface area (Å²) >= 11 is 12.0. The second-order valence-electron chi connectivity index (χ2n) is 5.58. The quantitative estimate of drug-likeness (QED) is 0.712. The zero-order valence-corrected chi connectivity index (χ0v) is 14.6. The van der Waals surface area contributed by atoms with E-state index in [1.807, 2.05) is 0 Å². The lowest BCUT2D eigenvalue weighted by Gasteiger charge is -2.24. The van der Waals surface area contributed by atoms with Gasteiger partial charge in [0, 0.05) is 5.02 Å². The number of carbonyl (C=O) groups excluding carboxylic acids is 2. The van der Waals surface area contributed by atoms with Gasteiger partial charge in [-0.05, 0) is 30.3 Å². The average Bonchev–Trinajstić information content (AvgIpc) is 3.25. The molecule has 1 aliphatic heterocycles. The van der Waals surface area contributed by atoms with Crippen LogP contribution >= 0.6 is 23.2 Å². The Bertz CT molecular complexity index is 999. The Morgan fingerprint density at radius 3 is 2.88 bits per heavy atom. The minimum atomic E-state index is -0.861. The van der Waals surface area contributed by atoms with Crippen LogP contribution in [0.3, 0.4) is 0 Å². The maximum absolute atomic E-state index is 12.8. The van der Waals surface area contributed by atoms with Gasteiger partial charge in [-0.15, -0.1) is 10.2 Å². The van der Waals surface area contributed by atoms with Gasteiger partial charge in [-0.2, -0.15) is 0 Å². The van der Waals surface area contributed by atoms with Crippen LogP contribution in [0.2, 0.25) is 10.0 Å². The molecule has 0 aliphatic carbocycles. The number of benzene rings is 1. The van der Waals surface area contributed by atoms with Crippen LogP contribution in [0.25, 0.3) is 11.6 Å². The van der Waals surface area contributed by atoms with Crippen LogP contribution in [0.5, 0.6) is 0 Å². The zero-order valence-electron chi connectivity index (χ0n) is 13.1. The molecule has 3 aromatic rings. The summed E-state index contributed by atoms with van der Waals surface area (Å²) in [5.74, 6) is 0.181. The number of nitrogens with one attached hydrogen (secondary N) is 2. The predicted octanol–water partition coefficient (Wildman–Crippen LogP) is 3.37. The number of aromatic nitrogens is 3. The van der Waals surface area contributed by atoms with Crippen molar-refractivity contribution in [2.24, 2.45) is 0 Å². The summed E-state index contributed by atoms with van der Waals surface area (Å²) in [6, 6.07) is 7.24. The van der Waals surface area contributed by atoms with Crippen LogP contribution in [0.4, 0.5) is 11.6 Å². The van der Waals surface area contributed by atoms with E-state index in [1.165, 1.54) is 16.9 Å². The van der Waals surface area contributed by atoms with Crippen LogP contribution in [0.15, 0.2) is 41.0 Å². The smallest absolute Gasteiger partial charge is 0.248 e. The summed E-state index contributed by atoms with van der Waals surface area (Å²) in [6.07, 6.45) is 1.41. The highest BCUT2D eigenvalue weighted by molar-refractivity contribution is 6.36. The molecule has 0 bridgehead atoms. The monoisotopic (exact) mass is 391 g/mol. The first-order valence-corrected chi connectivity index (χ1v) is 8.33. The second kappa shape index (κ2) is 6.47. The summed E-state index contributed by atoms with van der Waals surface area (Å²) in [4.78, 5) is 24.8. The van der Waals surface area contributed by atoms with E-state index in [4.69, 9.17) is 27.6 Å². The van der Waals surface area contributed by atoms with Gasteiger partial charge in [-0.1, -0.05) is 23.2 Å². The largest absolute Gasteiger partial charge is 0.461 e. The fraction of sp³-hybridized carbons (Fsp3) is 0.125. The van der Waals surface area contributed by atoms with E-state index in [9.17, 15) is 9.59 Å². The van der Waals surface area contributed by atoms with Crippen LogP contribution < -0.4 is 10.6 Å². The average molecular weight is 392 g/mol. The highest BCUT2D eigenvalue weighted by Crippen LogP contribution is 2.32. The summed E-state index contributed by atoms with van der Waals surface area (Å²) in [5, 5.41) is 14.0. The third-order valence-corrected chi connectivity index (χ3v) is 4.42. The number of hydrogen-bond donors (Lipinski definition) is 2. The van der Waals surface area contributed by atoms with E-state index in [-0.39, 0.29) is 18.3 Å². The van der Waals surface area contributed by atoms with Gasteiger partial charge in [0.2, 0.25) is 23.6 Å². The number of rotatable bonds is 3. The lowest BCUT2D eigenvalue weighted by atomic mass is 10.1. The highest BCUT2D eigenvalue weighted by Gasteiger charge is 2.35. The Morgan fingerprint density at radius 2 is 2.15 bits per heavy atom. The van der Waals surface area contributed by atoms with Gasteiger partial charge in [0.25, 0.3) is 0 Å². The number of anilines is 2. The molecule has 1 aliphatic rings. The van der Waals surface area contributed by atoms with E-state index in [2.05, 4.69) is 20.8 Å². The zero-order chi connectivity index (χ0) is 18.3. The first-order valence-electron chi connectivity index (χ1n) is 7.57. The maximum Gasteiger partial charge on any atom is 0.248 e. The van der Waals surface area contributed by atoms with Crippen LogP contribution in [-0.4, -0.2) is 26.6 Å². The minimum Gasteiger partial charge on any atom is -0.461 e. The predicted molar refractivity (Wildman–Crippen MR) is 95.1 cm³/mol. The molecule has 0 saturated heterocycles. The molecule has 26 heavy (non-hydrogen) atoms. The standard InChI is InChI=1S/C16H11Cl2N5O3/c17-8-3-4-10(9(18)6-8)19-15(25)11-7-13(24)20-16-22-21-14(23(11)16)12-2-1-5-26-12/h1-6,11H,7H2,(H,19,25)(H,20,22,24)/t11-/m0/s1.